The van der Waals surface area contributed by atoms with E-state index in [9.17, 15) is 5.11 Å². The number of likely N-dealkylation sites (tertiary alicyclic amines) is 1. The first kappa shape index (κ1) is 13.2. The fourth-order valence-corrected chi connectivity index (χ4v) is 2.53. The average Bonchev–Trinajstić information content (AvgIpc) is 2.31. The molecule has 1 fully saturated rings. The van der Waals surface area contributed by atoms with Gasteiger partial charge in [-0.05, 0) is 36.5 Å². The van der Waals surface area contributed by atoms with E-state index in [1.807, 2.05) is 18.2 Å². The van der Waals surface area contributed by atoms with Crippen molar-refractivity contribution in [1.82, 2.24) is 4.90 Å². The molecule has 0 aliphatic carbocycles. The van der Waals surface area contributed by atoms with E-state index in [2.05, 4.69) is 24.8 Å². The zero-order valence-corrected chi connectivity index (χ0v) is 11.4. The van der Waals surface area contributed by atoms with E-state index < -0.39 is 0 Å². The standard InChI is InChI=1S/C16H23NO/c1-13(2)12-17-8-6-14(7-9-17)10-15-4-3-5-16(18)11-15/h3-5,10-11,13,18H,6-9,12H2,1-2H3. The summed E-state index contributed by atoms with van der Waals surface area (Å²) < 4.78 is 0. The van der Waals surface area contributed by atoms with Crippen LogP contribution in [0.15, 0.2) is 29.8 Å². The van der Waals surface area contributed by atoms with E-state index in [-0.39, 0.29) is 0 Å². The van der Waals surface area contributed by atoms with Crippen LogP contribution in [-0.2, 0) is 0 Å². The Morgan fingerprint density at radius 2 is 2.00 bits per heavy atom. The minimum Gasteiger partial charge on any atom is -0.508 e. The quantitative estimate of drug-likeness (QED) is 0.880. The smallest absolute Gasteiger partial charge is 0.116 e. The summed E-state index contributed by atoms with van der Waals surface area (Å²) in [6.07, 6.45) is 4.54. The molecule has 1 saturated heterocycles. The summed E-state index contributed by atoms with van der Waals surface area (Å²) in [6, 6.07) is 7.49. The van der Waals surface area contributed by atoms with Gasteiger partial charge < -0.3 is 10.0 Å². The van der Waals surface area contributed by atoms with Crippen LogP contribution in [0.25, 0.3) is 6.08 Å². The molecule has 1 aliphatic rings. The van der Waals surface area contributed by atoms with Crippen molar-refractivity contribution in [2.45, 2.75) is 26.7 Å². The van der Waals surface area contributed by atoms with Gasteiger partial charge in [0.05, 0.1) is 0 Å². The fraction of sp³-hybridized carbons (Fsp3) is 0.500. The Morgan fingerprint density at radius 1 is 1.28 bits per heavy atom. The summed E-state index contributed by atoms with van der Waals surface area (Å²) in [6.45, 7) is 8.10. The van der Waals surface area contributed by atoms with Crippen molar-refractivity contribution >= 4 is 6.08 Å². The molecular formula is C16H23NO. The summed E-state index contributed by atoms with van der Waals surface area (Å²) in [5, 5.41) is 9.45. The minimum absolute atomic E-state index is 0.349. The van der Waals surface area contributed by atoms with Crippen LogP contribution in [0.2, 0.25) is 0 Å². The van der Waals surface area contributed by atoms with Crippen LogP contribution in [0.5, 0.6) is 5.75 Å². The highest BCUT2D eigenvalue weighted by atomic mass is 16.3. The van der Waals surface area contributed by atoms with Crippen molar-refractivity contribution in [3.63, 3.8) is 0 Å². The Bertz CT molecular complexity index is 413. The molecule has 1 heterocycles. The number of piperidine rings is 1. The number of hydrogen-bond donors (Lipinski definition) is 1. The molecule has 98 valence electrons. The number of rotatable bonds is 3. The van der Waals surface area contributed by atoms with Crippen LogP contribution >= 0.6 is 0 Å². The molecule has 18 heavy (non-hydrogen) atoms. The average molecular weight is 245 g/mol. The predicted molar refractivity (Wildman–Crippen MR) is 76.6 cm³/mol. The van der Waals surface area contributed by atoms with Gasteiger partial charge in [0.15, 0.2) is 0 Å². The highest BCUT2D eigenvalue weighted by molar-refractivity contribution is 5.54. The van der Waals surface area contributed by atoms with E-state index in [1.165, 1.54) is 25.2 Å². The lowest BCUT2D eigenvalue weighted by Gasteiger charge is -2.29. The summed E-state index contributed by atoms with van der Waals surface area (Å²) in [5.74, 6) is 1.10. The van der Waals surface area contributed by atoms with Crippen molar-refractivity contribution < 1.29 is 5.11 Å². The number of aromatic hydroxyl groups is 1. The third-order valence-corrected chi connectivity index (χ3v) is 3.36. The summed E-state index contributed by atoms with van der Waals surface area (Å²) in [7, 11) is 0. The first-order valence-electron chi connectivity index (χ1n) is 6.84. The third kappa shape index (κ3) is 3.88. The highest BCUT2D eigenvalue weighted by Crippen LogP contribution is 2.21. The number of phenols is 1. The van der Waals surface area contributed by atoms with Crippen molar-refractivity contribution in [3.05, 3.63) is 35.4 Å². The number of nitrogens with zero attached hydrogens (tertiary/aromatic N) is 1. The van der Waals surface area contributed by atoms with Gasteiger partial charge in [0.1, 0.15) is 5.75 Å². The topological polar surface area (TPSA) is 23.5 Å². The predicted octanol–water partition coefficient (Wildman–Crippen LogP) is 3.53. The zero-order chi connectivity index (χ0) is 13.0. The molecule has 1 aromatic carbocycles. The largest absolute Gasteiger partial charge is 0.508 e. The normalized spacial score (nSPS) is 17.2. The number of benzene rings is 1. The van der Waals surface area contributed by atoms with Gasteiger partial charge in [-0.15, -0.1) is 0 Å². The maximum Gasteiger partial charge on any atom is 0.116 e. The molecule has 0 saturated carbocycles. The van der Waals surface area contributed by atoms with Crippen LogP contribution in [-0.4, -0.2) is 29.6 Å². The molecule has 2 nitrogen and oxygen atoms in total. The second-order valence-electron chi connectivity index (χ2n) is 5.59. The molecule has 2 heteroatoms. The molecule has 0 aromatic heterocycles. The van der Waals surface area contributed by atoms with E-state index >= 15 is 0 Å². The van der Waals surface area contributed by atoms with Crippen molar-refractivity contribution in [2.24, 2.45) is 5.92 Å². The lowest BCUT2D eigenvalue weighted by Crippen LogP contribution is -2.33. The van der Waals surface area contributed by atoms with E-state index in [0.717, 1.165) is 24.3 Å². The molecular weight excluding hydrogens is 222 g/mol. The van der Waals surface area contributed by atoms with Crippen molar-refractivity contribution in [1.29, 1.82) is 0 Å². The zero-order valence-electron chi connectivity index (χ0n) is 11.4. The second-order valence-corrected chi connectivity index (χ2v) is 5.59. The molecule has 0 spiro atoms. The summed E-state index contributed by atoms with van der Waals surface area (Å²) >= 11 is 0. The van der Waals surface area contributed by atoms with Crippen LogP contribution in [0, 0.1) is 5.92 Å². The highest BCUT2D eigenvalue weighted by Gasteiger charge is 2.14. The Labute approximate surface area is 110 Å². The molecule has 0 radical (unpaired) electrons. The monoisotopic (exact) mass is 245 g/mol. The van der Waals surface area contributed by atoms with Gasteiger partial charge in [0.2, 0.25) is 0 Å². The molecule has 0 unspecified atom stereocenters. The molecule has 0 amide bonds. The molecule has 0 atom stereocenters. The van der Waals surface area contributed by atoms with Gasteiger partial charge in [-0.2, -0.15) is 0 Å². The van der Waals surface area contributed by atoms with E-state index in [4.69, 9.17) is 0 Å². The second kappa shape index (κ2) is 6.05. The van der Waals surface area contributed by atoms with Crippen LogP contribution in [0.4, 0.5) is 0 Å². The van der Waals surface area contributed by atoms with Gasteiger partial charge in [-0.1, -0.05) is 37.6 Å². The van der Waals surface area contributed by atoms with Gasteiger partial charge in [-0.25, -0.2) is 0 Å². The number of hydrogen-bond acceptors (Lipinski definition) is 2. The maximum absolute atomic E-state index is 9.45. The van der Waals surface area contributed by atoms with Crippen molar-refractivity contribution in [3.8, 4) is 5.75 Å². The molecule has 1 N–H and O–H groups in total. The molecule has 1 aromatic rings. The Kier molecular flexibility index (Phi) is 4.43. The van der Waals surface area contributed by atoms with Gasteiger partial charge in [-0.3, -0.25) is 0 Å². The van der Waals surface area contributed by atoms with Gasteiger partial charge >= 0.3 is 0 Å². The van der Waals surface area contributed by atoms with Gasteiger partial charge in [0, 0.05) is 19.6 Å². The molecule has 0 bridgehead atoms. The summed E-state index contributed by atoms with van der Waals surface area (Å²) in [4.78, 5) is 2.55. The molecule has 2 rings (SSSR count). The fourth-order valence-electron chi connectivity index (χ4n) is 2.53. The maximum atomic E-state index is 9.45. The van der Waals surface area contributed by atoms with Crippen LogP contribution in [0.3, 0.4) is 0 Å². The third-order valence-electron chi connectivity index (χ3n) is 3.36. The lowest BCUT2D eigenvalue weighted by atomic mass is 10.00. The lowest BCUT2D eigenvalue weighted by molar-refractivity contribution is 0.230. The van der Waals surface area contributed by atoms with Gasteiger partial charge in [0.25, 0.3) is 0 Å². The van der Waals surface area contributed by atoms with E-state index in [1.54, 1.807) is 6.07 Å². The Balaban J connectivity index is 1.93. The Hall–Kier alpha value is -1.28. The van der Waals surface area contributed by atoms with Crippen LogP contribution < -0.4 is 0 Å². The molecule has 1 aliphatic heterocycles. The number of phenolic OH excluding ortho intramolecular Hbond substituents is 1. The first-order chi connectivity index (χ1) is 8.63. The SMILES string of the molecule is CC(C)CN1CCC(=Cc2cccc(O)c2)CC1. The Morgan fingerprint density at radius 3 is 2.61 bits per heavy atom. The van der Waals surface area contributed by atoms with Crippen molar-refractivity contribution in [2.75, 3.05) is 19.6 Å². The van der Waals surface area contributed by atoms with Crippen LogP contribution in [0.1, 0.15) is 32.3 Å². The van der Waals surface area contributed by atoms with E-state index in [0.29, 0.717) is 5.75 Å². The first-order valence-corrected chi connectivity index (χ1v) is 6.84. The summed E-state index contributed by atoms with van der Waals surface area (Å²) in [5.41, 5.74) is 2.61. The minimum atomic E-state index is 0.349.